The lowest BCUT2D eigenvalue weighted by Crippen LogP contribution is -1.79. The van der Waals surface area contributed by atoms with Crippen molar-refractivity contribution in [1.82, 2.24) is 0 Å². The van der Waals surface area contributed by atoms with Crippen LogP contribution in [-0.4, -0.2) is 0 Å². The van der Waals surface area contributed by atoms with Crippen LogP contribution in [0.25, 0.3) is 10.1 Å². The normalized spacial score (nSPS) is 11.0. The standard InChI is InChI=1S/C9H5Cl2IS/c10-4-6-5-3-9(12)13-8(5)2-1-7(6)11/h1-3H,4H2. The highest BCUT2D eigenvalue weighted by Gasteiger charge is 2.07. The predicted molar refractivity (Wildman–Crippen MR) is 69.1 cm³/mol. The third kappa shape index (κ3) is 1.82. The van der Waals surface area contributed by atoms with Gasteiger partial charge in [-0.3, -0.25) is 0 Å². The molecule has 1 aromatic heterocycles. The van der Waals surface area contributed by atoms with Crippen LogP contribution in [-0.2, 0) is 5.88 Å². The van der Waals surface area contributed by atoms with Crippen LogP contribution in [0.3, 0.4) is 0 Å². The van der Waals surface area contributed by atoms with Crippen molar-refractivity contribution in [3.05, 3.63) is 31.7 Å². The molecule has 4 heteroatoms. The average molecular weight is 343 g/mol. The predicted octanol–water partition coefficient (Wildman–Crippen LogP) is 4.90. The molecule has 0 saturated carbocycles. The van der Waals surface area contributed by atoms with E-state index in [9.17, 15) is 0 Å². The number of rotatable bonds is 1. The lowest BCUT2D eigenvalue weighted by Gasteiger charge is -2.00. The molecular formula is C9H5Cl2IS. The molecule has 1 heterocycles. The van der Waals surface area contributed by atoms with Crippen LogP contribution in [0, 0.1) is 2.88 Å². The molecule has 0 amide bonds. The third-order valence-electron chi connectivity index (χ3n) is 1.86. The summed E-state index contributed by atoms with van der Waals surface area (Å²) >= 11 is 15.9. The van der Waals surface area contributed by atoms with Gasteiger partial charge in [-0.15, -0.1) is 22.9 Å². The molecule has 0 nitrogen and oxygen atoms in total. The van der Waals surface area contributed by atoms with Crippen LogP contribution < -0.4 is 0 Å². The number of hydrogen-bond donors (Lipinski definition) is 0. The SMILES string of the molecule is ClCc1c(Cl)ccc2sc(I)cc12. The summed E-state index contributed by atoms with van der Waals surface area (Å²) < 4.78 is 2.52. The van der Waals surface area contributed by atoms with Gasteiger partial charge in [-0.25, -0.2) is 0 Å². The van der Waals surface area contributed by atoms with Crippen LogP contribution in [0.4, 0.5) is 0 Å². The van der Waals surface area contributed by atoms with Gasteiger partial charge in [0, 0.05) is 15.6 Å². The highest BCUT2D eigenvalue weighted by Crippen LogP contribution is 2.33. The van der Waals surface area contributed by atoms with Crippen molar-refractivity contribution in [2.75, 3.05) is 0 Å². The van der Waals surface area contributed by atoms with E-state index in [1.807, 2.05) is 12.1 Å². The van der Waals surface area contributed by atoms with E-state index in [-0.39, 0.29) is 0 Å². The maximum absolute atomic E-state index is 6.03. The second-order valence-electron chi connectivity index (χ2n) is 2.62. The van der Waals surface area contributed by atoms with E-state index >= 15 is 0 Å². The third-order valence-corrected chi connectivity index (χ3v) is 4.34. The molecule has 1 aromatic carbocycles. The fourth-order valence-corrected chi connectivity index (χ4v) is 3.67. The van der Waals surface area contributed by atoms with Crippen molar-refractivity contribution in [2.45, 2.75) is 5.88 Å². The van der Waals surface area contributed by atoms with Gasteiger partial charge in [0.05, 0.1) is 2.88 Å². The smallest absolute Gasteiger partial charge is 0.0666 e. The summed E-state index contributed by atoms with van der Waals surface area (Å²) in [5.74, 6) is 0.475. The van der Waals surface area contributed by atoms with Gasteiger partial charge in [-0.2, -0.15) is 0 Å². The molecule has 0 aliphatic rings. The van der Waals surface area contributed by atoms with Gasteiger partial charge in [-0.05, 0) is 51.7 Å². The lowest BCUT2D eigenvalue weighted by molar-refractivity contribution is 1.46. The number of benzene rings is 1. The maximum atomic E-state index is 6.03. The molecule has 0 atom stereocenters. The fraction of sp³-hybridized carbons (Fsp3) is 0.111. The Balaban J connectivity index is 2.82. The number of hydrogen-bond acceptors (Lipinski definition) is 1. The molecule has 0 bridgehead atoms. The first-order chi connectivity index (χ1) is 6.22. The Hall–Kier alpha value is 0.490. The first-order valence-electron chi connectivity index (χ1n) is 3.65. The first-order valence-corrected chi connectivity index (χ1v) is 6.45. The molecule has 0 saturated heterocycles. The van der Waals surface area contributed by atoms with Gasteiger partial charge >= 0.3 is 0 Å². The largest absolute Gasteiger partial charge is 0.129 e. The van der Waals surface area contributed by atoms with Crippen LogP contribution in [0.15, 0.2) is 18.2 Å². The summed E-state index contributed by atoms with van der Waals surface area (Å²) in [6.07, 6.45) is 0. The minimum absolute atomic E-state index is 0.475. The van der Waals surface area contributed by atoms with Gasteiger partial charge in [-0.1, -0.05) is 11.6 Å². The number of fused-ring (bicyclic) bond motifs is 1. The molecule has 0 aliphatic carbocycles. The van der Waals surface area contributed by atoms with Gasteiger partial charge in [0.2, 0.25) is 0 Å². The van der Waals surface area contributed by atoms with Crippen molar-refractivity contribution in [1.29, 1.82) is 0 Å². The van der Waals surface area contributed by atoms with Gasteiger partial charge in [0.1, 0.15) is 0 Å². The van der Waals surface area contributed by atoms with Crippen molar-refractivity contribution in [2.24, 2.45) is 0 Å². The zero-order valence-electron chi connectivity index (χ0n) is 6.48. The molecule has 0 spiro atoms. The Morgan fingerprint density at radius 3 is 2.85 bits per heavy atom. The molecular weight excluding hydrogens is 338 g/mol. The van der Waals surface area contributed by atoms with E-state index in [4.69, 9.17) is 23.2 Å². The van der Waals surface area contributed by atoms with E-state index in [1.165, 1.54) is 13.0 Å². The number of halogens is 3. The highest BCUT2D eigenvalue weighted by atomic mass is 127. The quantitative estimate of drug-likeness (QED) is 0.511. The topological polar surface area (TPSA) is 0 Å². The van der Waals surface area contributed by atoms with Crippen molar-refractivity contribution >= 4 is 67.2 Å². The van der Waals surface area contributed by atoms with Crippen LogP contribution in [0.1, 0.15) is 5.56 Å². The Bertz CT molecular complexity index is 450. The first kappa shape index (κ1) is 10.0. The maximum Gasteiger partial charge on any atom is 0.0666 e. The van der Waals surface area contributed by atoms with Gasteiger partial charge in [0.25, 0.3) is 0 Å². The summed E-state index contributed by atoms with van der Waals surface area (Å²) in [4.78, 5) is 0. The molecule has 0 radical (unpaired) electrons. The van der Waals surface area contributed by atoms with E-state index in [1.54, 1.807) is 11.3 Å². The highest BCUT2D eigenvalue weighted by molar-refractivity contribution is 14.1. The molecule has 0 unspecified atom stereocenters. The van der Waals surface area contributed by atoms with Gasteiger partial charge in [0.15, 0.2) is 0 Å². The summed E-state index contributed by atoms with van der Waals surface area (Å²) in [5, 5.41) is 1.95. The zero-order valence-corrected chi connectivity index (χ0v) is 11.0. The molecule has 2 rings (SSSR count). The molecule has 0 fully saturated rings. The Kier molecular flexibility index (Phi) is 3.03. The van der Waals surface area contributed by atoms with Crippen LogP contribution in [0.5, 0.6) is 0 Å². The number of alkyl halides is 1. The molecule has 13 heavy (non-hydrogen) atoms. The lowest BCUT2D eigenvalue weighted by atomic mass is 10.1. The average Bonchev–Trinajstić information content (AvgIpc) is 2.45. The van der Waals surface area contributed by atoms with E-state index in [0.717, 1.165) is 10.6 Å². The molecule has 68 valence electrons. The van der Waals surface area contributed by atoms with Crippen LogP contribution in [0.2, 0.25) is 5.02 Å². The van der Waals surface area contributed by atoms with Crippen molar-refractivity contribution < 1.29 is 0 Å². The van der Waals surface area contributed by atoms with Crippen LogP contribution >= 0.6 is 57.1 Å². The zero-order chi connectivity index (χ0) is 9.42. The second kappa shape index (κ2) is 3.93. The Morgan fingerprint density at radius 1 is 1.38 bits per heavy atom. The monoisotopic (exact) mass is 342 g/mol. The Labute approximate surface area is 104 Å². The van der Waals surface area contributed by atoms with E-state index < -0.39 is 0 Å². The van der Waals surface area contributed by atoms with E-state index in [0.29, 0.717) is 5.88 Å². The van der Waals surface area contributed by atoms with Crippen molar-refractivity contribution in [3.63, 3.8) is 0 Å². The fourth-order valence-electron chi connectivity index (χ4n) is 1.25. The summed E-state index contributed by atoms with van der Waals surface area (Å²) in [7, 11) is 0. The Morgan fingerprint density at radius 2 is 2.15 bits per heavy atom. The molecule has 0 N–H and O–H groups in total. The minimum atomic E-state index is 0.475. The summed E-state index contributed by atoms with van der Waals surface area (Å²) in [6.45, 7) is 0. The molecule has 2 aromatic rings. The summed E-state index contributed by atoms with van der Waals surface area (Å²) in [5.41, 5.74) is 1.04. The summed E-state index contributed by atoms with van der Waals surface area (Å²) in [6, 6.07) is 6.08. The van der Waals surface area contributed by atoms with E-state index in [2.05, 4.69) is 28.7 Å². The minimum Gasteiger partial charge on any atom is -0.129 e. The van der Waals surface area contributed by atoms with Crippen molar-refractivity contribution in [3.8, 4) is 0 Å². The van der Waals surface area contributed by atoms with Gasteiger partial charge < -0.3 is 0 Å². The molecule has 0 aliphatic heterocycles. The number of thiophene rings is 1. The second-order valence-corrected chi connectivity index (χ2v) is 6.27.